The first-order valence-electron chi connectivity index (χ1n) is 3.21. The van der Waals surface area contributed by atoms with Gasteiger partial charge in [0.15, 0.2) is 0 Å². The van der Waals surface area contributed by atoms with Crippen molar-refractivity contribution in [2.75, 3.05) is 6.54 Å². The van der Waals surface area contributed by atoms with E-state index < -0.39 is 0 Å². The second kappa shape index (κ2) is 2.97. The minimum Gasteiger partial charge on any atom is -0.274 e. The molecule has 1 aliphatic heterocycles. The van der Waals surface area contributed by atoms with E-state index in [1.807, 2.05) is 6.92 Å². The lowest BCUT2D eigenvalue weighted by atomic mass is 10.1. The highest BCUT2D eigenvalue weighted by Crippen LogP contribution is 2.24. The molecule has 2 nitrogen and oxygen atoms in total. The Hall–Kier alpha value is 0.0500. The summed E-state index contributed by atoms with van der Waals surface area (Å²) < 4.78 is 1.21. The molecule has 0 bridgehead atoms. The van der Waals surface area contributed by atoms with Crippen LogP contribution in [0.4, 0.5) is 0 Å². The molecule has 2 atom stereocenters. The van der Waals surface area contributed by atoms with Crippen molar-refractivity contribution in [2.45, 2.75) is 18.7 Å². The lowest BCUT2D eigenvalue weighted by molar-refractivity contribution is -0.123. The van der Waals surface area contributed by atoms with Crippen LogP contribution in [0.25, 0.3) is 0 Å². The smallest absolute Gasteiger partial charge is 0.237 e. The molecule has 1 heterocycles. The minimum atomic E-state index is -0.0147. The molecule has 0 N–H and O–H groups in total. The highest BCUT2D eigenvalue weighted by Gasteiger charge is 2.31. The zero-order chi connectivity index (χ0) is 7.72. The Kier molecular flexibility index (Phi) is 2.42. The molecule has 1 amide bonds. The summed E-state index contributed by atoms with van der Waals surface area (Å²) >= 11 is 11.3. The summed E-state index contributed by atoms with van der Waals surface area (Å²) in [6.45, 7) is 2.47. The Bertz CT molecular complexity index is 149. The molecule has 0 aliphatic carbocycles. The standard InChI is InChI=1S/C6H9Cl2NO/c1-4(7)5-2-6(10)9(8)3-5/h4-5H,2-3H2,1H3. The first kappa shape index (κ1) is 8.15. The Morgan fingerprint density at radius 1 is 1.80 bits per heavy atom. The maximum atomic E-state index is 10.8. The number of carbonyl (C=O) groups excluding carboxylic acids is 1. The van der Waals surface area contributed by atoms with Crippen molar-refractivity contribution in [1.29, 1.82) is 0 Å². The summed E-state index contributed by atoms with van der Waals surface area (Å²) in [5.41, 5.74) is 0. The average Bonchev–Trinajstić information content (AvgIpc) is 2.13. The number of hydrogen-bond donors (Lipinski definition) is 0. The second-order valence-electron chi connectivity index (χ2n) is 2.58. The van der Waals surface area contributed by atoms with E-state index in [4.69, 9.17) is 23.4 Å². The van der Waals surface area contributed by atoms with Crippen LogP contribution in [0.1, 0.15) is 13.3 Å². The van der Waals surface area contributed by atoms with Crippen molar-refractivity contribution in [3.63, 3.8) is 0 Å². The zero-order valence-electron chi connectivity index (χ0n) is 5.68. The van der Waals surface area contributed by atoms with Crippen LogP contribution in [-0.4, -0.2) is 22.2 Å². The van der Waals surface area contributed by atoms with Gasteiger partial charge in [0, 0.05) is 36.0 Å². The summed E-state index contributed by atoms with van der Waals surface area (Å²) in [5.74, 6) is 0.214. The Labute approximate surface area is 70.2 Å². The quantitative estimate of drug-likeness (QED) is 0.445. The maximum Gasteiger partial charge on any atom is 0.237 e. The predicted molar refractivity (Wildman–Crippen MR) is 41.0 cm³/mol. The molecular formula is C6H9Cl2NO. The molecule has 2 unspecified atom stereocenters. The molecule has 1 rings (SSSR count). The fraction of sp³-hybridized carbons (Fsp3) is 0.833. The fourth-order valence-electron chi connectivity index (χ4n) is 1.00. The Morgan fingerprint density at radius 3 is 2.60 bits per heavy atom. The monoisotopic (exact) mass is 181 g/mol. The van der Waals surface area contributed by atoms with Crippen LogP contribution in [0.2, 0.25) is 0 Å². The second-order valence-corrected chi connectivity index (χ2v) is 3.68. The lowest BCUT2D eigenvalue weighted by Gasteiger charge is -2.09. The molecule has 0 radical (unpaired) electrons. The van der Waals surface area contributed by atoms with Crippen LogP contribution in [0, 0.1) is 5.92 Å². The Balaban J connectivity index is 2.49. The van der Waals surface area contributed by atoms with Crippen LogP contribution in [0.15, 0.2) is 0 Å². The molecule has 58 valence electrons. The van der Waals surface area contributed by atoms with Gasteiger partial charge in [-0.15, -0.1) is 11.6 Å². The van der Waals surface area contributed by atoms with E-state index in [1.54, 1.807) is 0 Å². The lowest BCUT2D eigenvalue weighted by Crippen LogP contribution is -2.15. The van der Waals surface area contributed by atoms with Crippen LogP contribution in [-0.2, 0) is 4.79 Å². The summed E-state index contributed by atoms with van der Waals surface area (Å²) in [7, 11) is 0. The van der Waals surface area contributed by atoms with Crippen LogP contribution in [0.5, 0.6) is 0 Å². The molecule has 4 heteroatoms. The van der Waals surface area contributed by atoms with Crippen molar-refractivity contribution in [2.24, 2.45) is 5.92 Å². The maximum absolute atomic E-state index is 10.8. The number of halogens is 2. The van der Waals surface area contributed by atoms with E-state index in [0.29, 0.717) is 13.0 Å². The third-order valence-electron chi connectivity index (χ3n) is 1.75. The summed E-state index contributed by atoms with van der Waals surface area (Å²) in [4.78, 5) is 10.8. The molecule has 0 aromatic rings. The number of carbonyl (C=O) groups is 1. The number of rotatable bonds is 1. The van der Waals surface area contributed by atoms with Crippen molar-refractivity contribution < 1.29 is 4.79 Å². The molecule has 1 saturated heterocycles. The molecule has 1 aliphatic rings. The molecule has 1 fully saturated rings. The van der Waals surface area contributed by atoms with Crippen LogP contribution >= 0.6 is 23.4 Å². The van der Waals surface area contributed by atoms with Gasteiger partial charge in [0.25, 0.3) is 0 Å². The van der Waals surface area contributed by atoms with E-state index in [-0.39, 0.29) is 17.2 Å². The number of alkyl halides is 1. The largest absolute Gasteiger partial charge is 0.274 e. The van der Waals surface area contributed by atoms with Gasteiger partial charge in [-0.3, -0.25) is 9.21 Å². The number of nitrogens with zero attached hydrogens (tertiary/aromatic N) is 1. The van der Waals surface area contributed by atoms with Gasteiger partial charge < -0.3 is 0 Å². The van der Waals surface area contributed by atoms with E-state index in [2.05, 4.69) is 0 Å². The van der Waals surface area contributed by atoms with Gasteiger partial charge in [-0.25, -0.2) is 0 Å². The van der Waals surface area contributed by atoms with Gasteiger partial charge in [-0.2, -0.15) is 0 Å². The van der Waals surface area contributed by atoms with E-state index in [9.17, 15) is 4.79 Å². The van der Waals surface area contributed by atoms with Crippen molar-refractivity contribution in [3.8, 4) is 0 Å². The van der Waals surface area contributed by atoms with Crippen molar-refractivity contribution in [3.05, 3.63) is 0 Å². The topological polar surface area (TPSA) is 20.3 Å². The predicted octanol–water partition coefficient (Wildman–Crippen LogP) is 1.62. The number of hydrogen-bond acceptors (Lipinski definition) is 1. The first-order valence-corrected chi connectivity index (χ1v) is 3.99. The zero-order valence-corrected chi connectivity index (χ0v) is 7.19. The minimum absolute atomic E-state index is 0.0147. The average molecular weight is 182 g/mol. The van der Waals surface area contributed by atoms with Gasteiger partial charge in [-0.1, -0.05) is 0 Å². The normalized spacial score (nSPS) is 29.3. The molecule has 0 aromatic carbocycles. The van der Waals surface area contributed by atoms with Gasteiger partial charge in [0.05, 0.1) is 0 Å². The van der Waals surface area contributed by atoms with E-state index in [0.717, 1.165) is 0 Å². The summed E-state index contributed by atoms with van der Waals surface area (Å²) in [5, 5.41) is 0.0349. The third kappa shape index (κ3) is 1.55. The van der Waals surface area contributed by atoms with Crippen molar-refractivity contribution >= 4 is 29.3 Å². The van der Waals surface area contributed by atoms with Gasteiger partial charge in [0.2, 0.25) is 5.91 Å². The van der Waals surface area contributed by atoms with Gasteiger partial charge in [-0.05, 0) is 6.92 Å². The third-order valence-corrected chi connectivity index (χ3v) is 2.43. The van der Waals surface area contributed by atoms with Crippen molar-refractivity contribution in [1.82, 2.24) is 4.42 Å². The van der Waals surface area contributed by atoms with Crippen LogP contribution < -0.4 is 0 Å². The molecule has 10 heavy (non-hydrogen) atoms. The Morgan fingerprint density at radius 2 is 2.40 bits per heavy atom. The summed E-state index contributed by atoms with van der Waals surface area (Å²) in [6, 6.07) is 0. The SMILES string of the molecule is CC(Cl)C1CC(=O)N(Cl)C1. The van der Waals surface area contributed by atoms with E-state index in [1.165, 1.54) is 4.42 Å². The first-order chi connectivity index (χ1) is 4.61. The van der Waals surface area contributed by atoms with Gasteiger partial charge >= 0.3 is 0 Å². The summed E-state index contributed by atoms with van der Waals surface area (Å²) in [6.07, 6.45) is 0.494. The molecule has 0 saturated carbocycles. The molecular weight excluding hydrogens is 173 g/mol. The van der Waals surface area contributed by atoms with Crippen LogP contribution in [0.3, 0.4) is 0 Å². The highest BCUT2D eigenvalue weighted by atomic mass is 35.5. The fourth-order valence-corrected chi connectivity index (χ4v) is 1.42. The highest BCUT2D eigenvalue weighted by molar-refractivity contribution is 6.23. The van der Waals surface area contributed by atoms with Gasteiger partial charge in [0.1, 0.15) is 0 Å². The van der Waals surface area contributed by atoms with E-state index >= 15 is 0 Å². The number of amides is 1. The molecule has 0 spiro atoms. The molecule has 0 aromatic heterocycles.